The van der Waals surface area contributed by atoms with E-state index in [9.17, 15) is 5.11 Å². The van der Waals surface area contributed by atoms with Crippen molar-refractivity contribution in [3.05, 3.63) is 46.3 Å². The van der Waals surface area contributed by atoms with Crippen LogP contribution in [0, 0.1) is 27.7 Å². The average molecular weight is 343 g/mol. The Morgan fingerprint density at radius 1 is 1.32 bits per heavy atom. The number of aliphatic hydroxyl groups is 1. The molecule has 25 heavy (non-hydrogen) atoms. The fraction of sp³-hybridized carbons (Fsp3) is 0.550. The summed E-state index contributed by atoms with van der Waals surface area (Å²) < 4.78 is 5.87. The molecule has 0 aliphatic carbocycles. The number of β-amino-alcohol motifs (C(OH)–C–C–N with tert-alkyl or cyclic N) is 1. The topological polar surface area (TPSA) is 61.4 Å². The van der Waals surface area contributed by atoms with Gasteiger partial charge in [0.15, 0.2) is 0 Å². The lowest BCUT2D eigenvalue weighted by Crippen LogP contribution is -2.35. The summed E-state index contributed by atoms with van der Waals surface area (Å²) in [5.41, 5.74) is 5.76. The molecule has 3 rings (SSSR count). The first-order chi connectivity index (χ1) is 12.0. The maximum atomic E-state index is 10.5. The zero-order valence-electron chi connectivity index (χ0n) is 15.7. The molecule has 136 valence electrons. The summed E-state index contributed by atoms with van der Waals surface area (Å²) in [5.74, 6) is 0.860. The molecule has 1 aromatic carbocycles. The van der Waals surface area contributed by atoms with Gasteiger partial charge < -0.3 is 9.84 Å². The molecule has 0 bridgehead atoms. The van der Waals surface area contributed by atoms with Crippen LogP contribution < -0.4 is 4.74 Å². The van der Waals surface area contributed by atoms with Crippen molar-refractivity contribution in [2.75, 3.05) is 19.7 Å². The Balaban J connectivity index is 1.60. The molecule has 0 saturated carbocycles. The lowest BCUT2D eigenvalue weighted by atomic mass is 10.0. The third-order valence-electron chi connectivity index (χ3n) is 5.10. The maximum absolute atomic E-state index is 10.5. The van der Waals surface area contributed by atoms with Crippen LogP contribution in [0.5, 0.6) is 5.75 Å². The van der Waals surface area contributed by atoms with E-state index in [1.54, 1.807) is 0 Å². The Kier molecular flexibility index (Phi) is 5.45. The van der Waals surface area contributed by atoms with Crippen LogP contribution in [0.3, 0.4) is 0 Å². The highest BCUT2D eigenvalue weighted by atomic mass is 16.5. The number of aliphatic hydroxyl groups excluding tert-OH is 1. The standard InChI is InChI=1S/C20H29N3O2/c1-13-7-8-14(2)19(10-13)25-12-17(24)11-23-9-5-6-18(23)20-15(3)21-22-16(20)4/h7-8,10,17-18,24H,5-6,9,11-12H2,1-4H3,(H,21,22). The van der Waals surface area contributed by atoms with Gasteiger partial charge in [-0.15, -0.1) is 0 Å². The first-order valence-electron chi connectivity index (χ1n) is 9.09. The average Bonchev–Trinajstić information content (AvgIpc) is 3.14. The van der Waals surface area contributed by atoms with Crippen molar-refractivity contribution in [3.8, 4) is 5.75 Å². The number of aromatic amines is 1. The molecule has 0 radical (unpaired) electrons. The van der Waals surface area contributed by atoms with E-state index in [4.69, 9.17) is 4.74 Å². The molecule has 0 spiro atoms. The quantitative estimate of drug-likeness (QED) is 0.845. The van der Waals surface area contributed by atoms with Crippen LogP contribution in [-0.4, -0.2) is 46.0 Å². The molecule has 1 aliphatic rings. The maximum Gasteiger partial charge on any atom is 0.122 e. The van der Waals surface area contributed by atoms with Crippen molar-refractivity contribution < 1.29 is 9.84 Å². The SMILES string of the molecule is Cc1ccc(C)c(OCC(O)CN2CCCC2c2c(C)n[nH]c2C)c1. The number of H-pyrrole nitrogens is 1. The Morgan fingerprint density at radius 3 is 2.84 bits per heavy atom. The smallest absolute Gasteiger partial charge is 0.122 e. The minimum Gasteiger partial charge on any atom is -0.491 e. The number of hydrogen-bond acceptors (Lipinski definition) is 4. The monoisotopic (exact) mass is 343 g/mol. The fourth-order valence-electron chi connectivity index (χ4n) is 3.79. The van der Waals surface area contributed by atoms with Crippen LogP contribution in [0.2, 0.25) is 0 Å². The fourth-order valence-corrected chi connectivity index (χ4v) is 3.79. The van der Waals surface area contributed by atoms with E-state index >= 15 is 0 Å². The van der Waals surface area contributed by atoms with Crippen molar-refractivity contribution in [3.63, 3.8) is 0 Å². The summed E-state index contributed by atoms with van der Waals surface area (Å²) >= 11 is 0. The molecule has 0 amide bonds. The summed E-state index contributed by atoms with van der Waals surface area (Å²) in [6, 6.07) is 6.49. The molecule has 1 fully saturated rings. The van der Waals surface area contributed by atoms with Crippen LogP contribution in [0.15, 0.2) is 18.2 Å². The summed E-state index contributed by atoms with van der Waals surface area (Å²) in [5, 5.41) is 17.9. The third-order valence-corrected chi connectivity index (χ3v) is 5.10. The number of aryl methyl sites for hydroxylation is 4. The molecule has 5 heteroatoms. The van der Waals surface area contributed by atoms with E-state index in [-0.39, 0.29) is 0 Å². The number of nitrogens with zero attached hydrogens (tertiary/aromatic N) is 2. The number of hydrogen-bond donors (Lipinski definition) is 2. The van der Waals surface area contributed by atoms with Gasteiger partial charge in [0, 0.05) is 23.8 Å². The van der Waals surface area contributed by atoms with Gasteiger partial charge in [-0.2, -0.15) is 5.10 Å². The van der Waals surface area contributed by atoms with Gasteiger partial charge in [0.2, 0.25) is 0 Å². The first kappa shape index (κ1) is 18.0. The highest BCUT2D eigenvalue weighted by Crippen LogP contribution is 2.34. The number of likely N-dealkylation sites (tertiary alicyclic amines) is 1. The van der Waals surface area contributed by atoms with Crippen LogP contribution >= 0.6 is 0 Å². The van der Waals surface area contributed by atoms with Gasteiger partial charge in [-0.3, -0.25) is 10.00 Å². The van der Waals surface area contributed by atoms with Gasteiger partial charge in [-0.05, 0) is 64.3 Å². The second-order valence-electron chi connectivity index (χ2n) is 7.23. The third kappa shape index (κ3) is 4.05. The van der Waals surface area contributed by atoms with Crippen molar-refractivity contribution in [1.29, 1.82) is 0 Å². The van der Waals surface area contributed by atoms with Gasteiger partial charge in [0.05, 0.1) is 5.69 Å². The molecular formula is C20H29N3O2. The second kappa shape index (κ2) is 7.58. The summed E-state index contributed by atoms with van der Waals surface area (Å²) in [4.78, 5) is 2.36. The summed E-state index contributed by atoms with van der Waals surface area (Å²) in [7, 11) is 0. The largest absolute Gasteiger partial charge is 0.491 e. The Morgan fingerprint density at radius 2 is 2.12 bits per heavy atom. The van der Waals surface area contributed by atoms with Crippen LogP contribution in [0.25, 0.3) is 0 Å². The normalized spacial score (nSPS) is 19.3. The molecule has 2 aromatic rings. The van der Waals surface area contributed by atoms with Gasteiger partial charge in [-0.25, -0.2) is 0 Å². The van der Waals surface area contributed by atoms with Crippen molar-refractivity contribution in [1.82, 2.24) is 15.1 Å². The van der Waals surface area contributed by atoms with E-state index < -0.39 is 6.10 Å². The number of benzene rings is 1. The van der Waals surface area contributed by atoms with Gasteiger partial charge in [0.1, 0.15) is 18.5 Å². The Hall–Kier alpha value is -1.85. The van der Waals surface area contributed by atoms with E-state index in [1.807, 2.05) is 19.9 Å². The zero-order chi connectivity index (χ0) is 18.0. The number of nitrogens with one attached hydrogen (secondary N) is 1. The van der Waals surface area contributed by atoms with Gasteiger partial charge >= 0.3 is 0 Å². The van der Waals surface area contributed by atoms with Gasteiger partial charge in [-0.1, -0.05) is 12.1 Å². The van der Waals surface area contributed by atoms with Crippen molar-refractivity contribution in [2.24, 2.45) is 0 Å². The highest BCUT2D eigenvalue weighted by Gasteiger charge is 2.30. The van der Waals surface area contributed by atoms with Crippen molar-refractivity contribution in [2.45, 2.75) is 52.7 Å². The van der Waals surface area contributed by atoms with Crippen LogP contribution in [-0.2, 0) is 0 Å². The van der Waals surface area contributed by atoms with E-state index in [1.165, 1.54) is 11.1 Å². The van der Waals surface area contributed by atoms with Crippen molar-refractivity contribution >= 4 is 0 Å². The van der Waals surface area contributed by atoms with Gasteiger partial charge in [0.25, 0.3) is 0 Å². The van der Waals surface area contributed by atoms with E-state index in [0.717, 1.165) is 42.1 Å². The molecular weight excluding hydrogens is 314 g/mol. The molecule has 1 aliphatic heterocycles. The number of rotatable bonds is 6. The molecule has 5 nitrogen and oxygen atoms in total. The van der Waals surface area contributed by atoms with E-state index in [0.29, 0.717) is 19.2 Å². The van der Waals surface area contributed by atoms with Crippen LogP contribution in [0.4, 0.5) is 0 Å². The first-order valence-corrected chi connectivity index (χ1v) is 9.09. The molecule has 2 N–H and O–H groups in total. The minimum atomic E-state index is -0.506. The molecule has 2 heterocycles. The van der Waals surface area contributed by atoms with E-state index in [2.05, 4.69) is 41.1 Å². The molecule has 1 saturated heterocycles. The second-order valence-corrected chi connectivity index (χ2v) is 7.23. The molecule has 2 unspecified atom stereocenters. The Bertz CT molecular complexity index is 706. The predicted molar refractivity (Wildman–Crippen MR) is 99.0 cm³/mol. The zero-order valence-corrected chi connectivity index (χ0v) is 15.7. The summed E-state index contributed by atoms with van der Waals surface area (Å²) in [6.45, 7) is 10.2. The lowest BCUT2D eigenvalue weighted by Gasteiger charge is -2.27. The van der Waals surface area contributed by atoms with Crippen LogP contribution in [0.1, 0.15) is 47.0 Å². The molecule has 1 aromatic heterocycles. The predicted octanol–water partition coefficient (Wildman–Crippen LogP) is 3.22. The number of ether oxygens (including phenoxy) is 1. The summed E-state index contributed by atoms with van der Waals surface area (Å²) in [6.07, 6.45) is 1.76. The Labute approximate surface area is 150 Å². The molecule has 2 atom stereocenters. The lowest BCUT2D eigenvalue weighted by molar-refractivity contribution is 0.0634. The minimum absolute atomic E-state index is 0.316. The highest BCUT2D eigenvalue weighted by molar-refractivity contribution is 5.36. The number of aromatic nitrogens is 2.